The summed E-state index contributed by atoms with van der Waals surface area (Å²) in [6.07, 6.45) is 4.09. The number of halogens is 2. The maximum Gasteiger partial charge on any atom is 0.135 e. The second-order valence-corrected chi connectivity index (χ2v) is 5.73. The summed E-state index contributed by atoms with van der Waals surface area (Å²) in [7, 11) is 0. The molecule has 0 unspecified atom stereocenters. The number of ether oxygens (including phenoxy) is 1. The van der Waals surface area contributed by atoms with Crippen molar-refractivity contribution in [3.05, 3.63) is 58.8 Å². The van der Waals surface area contributed by atoms with Gasteiger partial charge in [0.25, 0.3) is 0 Å². The zero-order chi connectivity index (χ0) is 15.8. The van der Waals surface area contributed by atoms with Crippen LogP contribution in [0.4, 0.5) is 10.2 Å². The van der Waals surface area contributed by atoms with E-state index >= 15 is 0 Å². The van der Waals surface area contributed by atoms with Gasteiger partial charge in [-0.2, -0.15) is 0 Å². The van der Waals surface area contributed by atoms with E-state index in [0.717, 1.165) is 28.5 Å². The lowest BCUT2D eigenvalue weighted by molar-refractivity contribution is 0.356. The van der Waals surface area contributed by atoms with Crippen LogP contribution < -0.4 is 10.1 Å². The molecule has 0 bridgehead atoms. The van der Waals surface area contributed by atoms with Crippen LogP contribution in [0, 0.1) is 5.82 Å². The average molecular weight is 330 g/mol. The fraction of sp³-hybridized carbons (Fsp3) is 0.176. The van der Waals surface area contributed by atoms with Crippen molar-refractivity contribution in [1.82, 2.24) is 9.97 Å². The van der Waals surface area contributed by atoms with Gasteiger partial charge in [0, 0.05) is 41.9 Å². The molecule has 1 aromatic carbocycles. The van der Waals surface area contributed by atoms with Gasteiger partial charge in [-0.05, 0) is 29.7 Å². The lowest BCUT2D eigenvalue weighted by Crippen LogP contribution is -2.06. The molecule has 0 radical (unpaired) electrons. The predicted octanol–water partition coefficient (Wildman–Crippen LogP) is 3.97. The van der Waals surface area contributed by atoms with E-state index in [1.54, 1.807) is 24.5 Å². The fourth-order valence-electron chi connectivity index (χ4n) is 2.86. The number of aromatic nitrogens is 2. The molecule has 1 N–H and O–H groups in total. The van der Waals surface area contributed by atoms with Crippen LogP contribution in [-0.4, -0.2) is 16.6 Å². The number of nitrogens with one attached hydrogen (secondary N) is 1. The van der Waals surface area contributed by atoms with Crippen molar-refractivity contribution in [2.24, 2.45) is 0 Å². The van der Waals surface area contributed by atoms with Gasteiger partial charge in [0.2, 0.25) is 0 Å². The Hall–Kier alpha value is -2.40. The molecule has 4 rings (SSSR count). The molecule has 4 nitrogen and oxygen atoms in total. The molecule has 0 fully saturated rings. The minimum absolute atomic E-state index is 0.233. The van der Waals surface area contributed by atoms with Crippen molar-refractivity contribution in [3.63, 3.8) is 0 Å². The fourth-order valence-corrected chi connectivity index (χ4v) is 3.03. The van der Waals surface area contributed by atoms with E-state index in [0.29, 0.717) is 29.7 Å². The predicted molar refractivity (Wildman–Crippen MR) is 87.5 cm³/mol. The molecule has 6 heteroatoms. The summed E-state index contributed by atoms with van der Waals surface area (Å²) in [5.74, 6) is 1.19. The lowest BCUT2D eigenvalue weighted by atomic mass is 10.0. The number of rotatable bonds is 3. The van der Waals surface area contributed by atoms with Crippen LogP contribution in [0.5, 0.6) is 5.75 Å². The largest absolute Gasteiger partial charge is 0.493 e. The van der Waals surface area contributed by atoms with Gasteiger partial charge >= 0.3 is 0 Å². The third-order valence-corrected chi connectivity index (χ3v) is 4.20. The number of hydrogen-bond donors (Lipinski definition) is 1. The van der Waals surface area contributed by atoms with Gasteiger partial charge in [-0.1, -0.05) is 11.6 Å². The summed E-state index contributed by atoms with van der Waals surface area (Å²) in [5.41, 5.74) is 1.56. The molecule has 1 aliphatic heterocycles. The van der Waals surface area contributed by atoms with Crippen LogP contribution in [0.25, 0.3) is 10.8 Å². The first-order valence-electron chi connectivity index (χ1n) is 7.29. The van der Waals surface area contributed by atoms with E-state index in [2.05, 4.69) is 15.3 Å². The van der Waals surface area contributed by atoms with E-state index in [1.807, 2.05) is 6.07 Å². The summed E-state index contributed by atoms with van der Waals surface area (Å²) < 4.78 is 19.7. The smallest absolute Gasteiger partial charge is 0.135 e. The molecular weight excluding hydrogens is 317 g/mol. The maximum absolute atomic E-state index is 14.2. The first-order chi connectivity index (χ1) is 11.2. The van der Waals surface area contributed by atoms with Gasteiger partial charge in [-0.15, -0.1) is 0 Å². The highest BCUT2D eigenvalue weighted by Gasteiger charge is 2.19. The van der Waals surface area contributed by atoms with E-state index in [4.69, 9.17) is 16.3 Å². The molecule has 1 aliphatic rings. The molecule has 0 saturated heterocycles. The Morgan fingerprint density at radius 2 is 2.17 bits per heavy atom. The van der Waals surface area contributed by atoms with Crippen LogP contribution in [0.1, 0.15) is 11.1 Å². The topological polar surface area (TPSA) is 47.0 Å². The molecule has 0 saturated carbocycles. The van der Waals surface area contributed by atoms with E-state index < -0.39 is 0 Å². The minimum Gasteiger partial charge on any atom is -0.493 e. The Morgan fingerprint density at radius 3 is 3.09 bits per heavy atom. The molecule has 2 aromatic heterocycles. The Morgan fingerprint density at radius 1 is 1.26 bits per heavy atom. The quantitative estimate of drug-likeness (QED) is 0.739. The van der Waals surface area contributed by atoms with Gasteiger partial charge < -0.3 is 10.1 Å². The number of hydrogen-bond acceptors (Lipinski definition) is 4. The Balaban J connectivity index is 1.67. The molecule has 0 atom stereocenters. The van der Waals surface area contributed by atoms with Gasteiger partial charge in [-0.25, -0.2) is 14.4 Å². The summed E-state index contributed by atoms with van der Waals surface area (Å²) in [5, 5.41) is 5.42. The molecule has 0 amide bonds. The standard InChI is InChI=1S/C17H13ClFN3O/c18-16-7-10-3-5-20-17(12(10)8-21-16)22-9-13-11-4-6-23-15(11)2-1-14(13)19/h1-3,5,7-8H,4,6,9H2,(H,20,22). The second kappa shape index (κ2) is 5.66. The van der Waals surface area contributed by atoms with Crippen molar-refractivity contribution in [2.75, 3.05) is 11.9 Å². The highest BCUT2D eigenvalue weighted by Crippen LogP contribution is 2.31. The van der Waals surface area contributed by atoms with Gasteiger partial charge in [0.1, 0.15) is 22.5 Å². The van der Waals surface area contributed by atoms with E-state index in [1.165, 1.54) is 6.07 Å². The Kier molecular flexibility index (Phi) is 3.50. The van der Waals surface area contributed by atoms with E-state index in [9.17, 15) is 4.39 Å². The van der Waals surface area contributed by atoms with Crippen molar-refractivity contribution >= 4 is 28.2 Å². The lowest BCUT2D eigenvalue weighted by Gasteiger charge is -2.12. The summed E-state index contributed by atoms with van der Waals surface area (Å²) in [4.78, 5) is 8.42. The SMILES string of the molecule is Fc1ccc2c(c1CNc1nccc3cc(Cl)ncc13)CCO2. The summed E-state index contributed by atoms with van der Waals surface area (Å²) >= 11 is 5.91. The third-order valence-electron chi connectivity index (χ3n) is 3.99. The van der Waals surface area contributed by atoms with Crippen LogP contribution in [0.2, 0.25) is 5.15 Å². The van der Waals surface area contributed by atoms with Crippen molar-refractivity contribution in [2.45, 2.75) is 13.0 Å². The molecular formula is C17H13ClFN3O. The number of pyridine rings is 2. The summed E-state index contributed by atoms with van der Waals surface area (Å²) in [6, 6.07) is 6.77. The number of fused-ring (bicyclic) bond motifs is 2. The van der Waals surface area contributed by atoms with Gasteiger partial charge in [0.15, 0.2) is 0 Å². The van der Waals surface area contributed by atoms with E-state index in [-0.39, 0.29) is 5.82 Å². The Bertz CT molecular complexity index is 900. The molecule has 0 aliphatic carbocycles. The van der Waals surface area contributed by atoms with Crippen molar-refractivity contribution in [1.29, 1.82) is 0 Å². The highest BCUT2D eigenvalue weighted by molar-refractivity contribution is 6.30. The molecule has 3 aromatic rings. The molecule has 0 spiro atoms. The number of anilines is 1. The monoisotopic (exact) mass is 329 g/mol. The highest BCUT2D eigenvalue weighted by atomic mass is 35.5. The number of nitrogens with zero attached hydrogens (tertiary/aromatic N) is 2. The Labute approximate surface area is 137 Å². The molecule has 3 heterocycles. The average Bonchev–Trinajstić information content (AvgIpc) is 3.02. The first-order valence-corrected chi connectivity index (χ1v) is 7.67. The van der Waals surface area contributed by atoms with Gasteiger partial charge in [-0.3, -0.25) is 0 Å². The van der Waals surface area contributed by atoms with Crippen molar-refractivity contribution in [3.8, 4) is 5.75 Å². The van der Waals surface area contributed by atoms with Crippen molar-refractivity contribution < 1.29 is 9.13 Å². The van der Waals surface area contributed by atoms with Crippen LogP contribution in [0.15, 0.2) is 36.7 Å². The zero-order valence-electron chi connectivity index (χ0n) is 12.1. The second-order valence-electron chi connectivity index (χ2n) is 5.34. The maximum atomic E-state index is 14.2. The zero-order valence-corrected chi connectivity index (χ0v) is 12.9. The van der Waals surface area contributed by atoms with Gasteiger partial charge in [0.05, 0.1) is 6.61 Å². The normalized spacial score (nSPS) is 13.0. The van der Waals surface area contributed by atoms with Crippen LogP contribution in [-0.2, 0) is 13.0 Å². The minimum atomic E-state index is -0.233. The number of benzene rings is 1. The van der Waals surface area contributed by atoms with Crippen LogP contribution in [0.3, 0.4) is 0 Å². The molecule has 116 valence electrons. The third kappa shape index (κ3) is 2.57. The summed E-state index contributed by atoms with van der Waals surface area (Å²) in [6.45, 7) is 0.938. The first kappa shape index (κ1) is 14.2. The van der Waals surface area contributed by atoms with Crippen LogP contribution >= 0.6 is 11.6 Å². The molecule has 23 heavy (non-hydrogen) atoms.